The fourth-order valence-electron chi connectivity index (χ4n) is 13.3. The van der Waals surface area contributed by atoms with Gasteiger partial charge in [-0.3, -0.25) is 0 Å². The first kappa shape index (κ1) is 83.2. The molecule has 10 atom stereocenters. The summed E-state index contributed by atoms with van der Waals surface area (Å²) >= 11 is 0. The normalized spacial score (nSPS) is 20.4. The number of phenols is 24. The summed E-state index contributed by atoms with van der Waals surface area (Å²) in [6.45, 7) is -3.18. The van der Waals surface area contributed by atoms with Crippen molar-refractivity contribution in [2.75, 3.05) is 13.2 Å². The maximum Gasteiger partial charge on any atom is 0.342 e. The maximum atomic E-state index is 15.9. The fraction of sp³-hybridized carbons (Fsp3) is 0.160. The highest BCUT2D eigenvalue weighted by atomic mass is 16.7. The lowest BCUT2D eigenvalue weighted by Gasteiger charge is -2.42. The number of carboxylic acid groups (broad SMARTS) is 1. The molecule has 0 aliphatic carbocycles. The smallest absolute Gasteiger partial charge is 0.342 e. The predicted octanol–water partition coefficient (Wildman–Crippen LogP) is 3.07. The minimum atomic E-state index is -3.04. The lowest BCUT2D eigenvalue weighted by atomic mass is 9.91. The number of esters is 8. The van der Waals surface area contributed by atoms with Gasteiger partial charge in [0.25, 0.3) is 0 Å². The predicted molar refractivity (Wildman–Crippen MR) is 381 cm³/mol. The summed E-state index contributed by atoms with van der Waals surface area (Å²) in [7, 11) is 0. The number of fused-ring (bicyclic) bond motifs is 14. The SMILES string of the molecule is O=C(O[C@H]1[C@@H]2OC(=O)c3cc(O)c(O)c(O)c3-c3c4cc(c(O)c3O)Oc3c(cc(O)c(O)c3O)C(=O)O[C@H]3C(O)O[C@@H]5COC(=O)c6cc(Oc7c(C(=O)O)cc(O)c(O)c7O)c(O)c(O)c6-c6c(cc(c(O)c6O)Oc6c(cc(O)c(O)c6O)C(=O)O[C@H]1C(O)O[C@@H]2COC4=O)C(=O)O[C@H]5[C@@H]3OC(=O)c1cc(O)c(O)c(O)c1)c1cc(O)c(O)c(O)c1. The highest BCUT2D eigenvalue weighted by Gasteiger charge is 2.57. The Morgan fingerprint density at radius 1 is 0.315 bits per heavy atom. The van der Waals surface area contributed by atoms with Crippen LogP contribution in [0.15, 0.2) is 66.7 Å². The van der Waals surface area contributed by atoms with Crippen LogP contribution in [0.1, 0.15) is 93.2 Å². The second-order valence-corrected chi connectivity index (χ2v) is 26.8. The minimum Gasteiger partial charge on any atom is -0.504 e. The molecular formula is C75H52O49. The number of hydrogen-bond acceptors (Lipinski definition) is 48. The van der Waals surface area contributed by atoms with Crippen LogP contribution in [0.2, 0.25) is 0 Å². The van der Waals surface area contributed by atoms with Crippen molar-refractivity contribution in [2.24, 2.45) is 0 Å². The average Bonchev–Trinajstić information content (AvgIpc) is 0.966. The zero-order valence-corrected chi connectivity index (χ0v) is 60.6. The van der Waals surface area contributed by atoms with Crippen molar-refractivity contribution in [3.05, 3.63) is 117 Å². The third-order valence-electron chi connectivity index (χ3n) is 19.3. The molecule has 2 fully saturated rings. The quantitative estimate of drug-likeness (QED) is 0.0619. The van der Waals surface area contributed by atoms with Gasteiger partial charge >= 0.3 is 53.7 Å². The van der Waals surface area contributed by atoms with Gasteiger partial charge in [-0.25, -0.2) is 43.2 Å². The van der Waals surface area contributed by atoms with Crippen molar-refractivity contribution in [1.29, 1.82) is 0 Å². The van der Waals surface area contributed by atoms with E-state index >= 15 is 24.0 Å². The van der Waals surface area contributed by atoms with E-state index in [1.54, 1.807) is 0 Å². The molecule has 49 nitrogen and oxygen atoms in total. The van der Waals surface area contributed by atoms with Crippen LogP contribution in [0.4, 0.5) is 0 Å². The summed E-state index contributed by atoms with van der Waals surface area (Å²) < 4.78 is 73.3. The summed E-state index contributed by atoms with van der Waals surface area (Å²) in [5, 5.41) is 303. The number of benzene rings is 9. The summed E-state index contributed by atoms with van der Waals surface area (Å²) in [5.41, 5.74) is -18.3. The second kappa shape index (κ2) is 30.5. The maximum absolute atomic E-state index is 15.9. The van der Waals surface area contributed by atoms with E-state index in [2.05, 4.69) is 0 Å². The number of ether oxygens (including phenoxy) is 13. The molecule has 8 bridgehead atoms. The Labute approximate surface area is 680 Å². The van der Waals surface area contributed by atoms with Gasteiger partial charge in [-0.1, -0.05) is 0 Å². The molecule has 5 aliphatic rings. The van der Waals surface area contributed by atoms with Crippen LogP contribution >= 0.6 is 0 Å². The van der Waals surface area contributed by atoms with Gasteiger partial charge in [-0.05, 0) is 30.3 Å². The van der Waals surface area contributed by atoms with E-state index in [-0.39, 0.29) is 42.5 Å². The van der Waals surface area contributed by atoms with Crippen LogP contribution < -0.4 is 14.2 Å². The molecule has 0 spiro atoms. The fourth-order valence-corrected chi connectivity index (χ4v) is 13.3. The Hall–Kier alpha value is -17.3. The Kier molecular flexibility index (Phi) is 20.5. The monoisotopic (exact) mass is 1740 g/mol. The molecule has 0 radical (unpaired) electrons. The Balaban J connectivity index is 1.03. The summed E-state index contributed by atoms with van der Waals surface area (Å²) in [6.07, 6.45) is -28.6. The van der Waals surface area contributed by atoms with E-state index in [0.717, 1.165) is 0 Å². The van der Waals surface area contributed by atoms with Gasteiger partial charge in [0, 0.05) is 58.7 Å². The van der Waals surface area contributed by atoms with Crippen molar-refractivity contribution in [2.45, 2.75) is 61.4 Å². The molecule has 9 aromatic rings. The Morgan fingerprint density at radius 2 is 0.621 bits per heavy atom. The summed E-state index contributed by atoms with van der Waals surface area (Å²) in [4.78, 5) is 133. The molecular weight excluding hydrogens is 1680 g/mol. The average molecular weight is 1740 g/mol. The number of aromatic hydroxyl groups is 24. The van der Waals surface area contributed by atoms with Gasteiger partial charge in [0.1, 0.15) is 42.1 Å². The van der Waals surface area contributed by atoms with Gasteiger partial charge in [0.05, 0.1) is 33.4 Å². The molecule has 0 amide bonds. The van der Waals surface area contributed by atoms with Crippen LogP contribution in [0.3, 0.4) is 0 Å². The number of hydrogen-bond donors (Lipinski definition) is 27. The molecule has 9 aromatic carbocycles. The molecule has 2 saturated heterocycles. The van der Waals surface area contributed by atoms with Crippen molar-refractivity contribution in [3.8, 4) is 195 Å². The van der Waals surface area contributed by atoms with Crippen molar-refractivity contribution in [1.82, 2.24) is 0 Å². The van der Waals surface area contributed by atoms with Gasteiger partial charge in [0.15, 0.2) is 164 Å². The largest absolute Gasteiger partial charge is 0.504 e. The molecule has 5 aliphatic heterocycles. The van der Waals surface area contributed by atoms with Crippen molar-refractivity contribution >= 4 is 53.7 Å². The van der Waals surface area contributed by atoms with Gasteiger partial charge in [0.2, 0.25) is 57.5 Å². The number of aliphatic hydroxyl groups is 2. The number of phenolic OH excluding ortho intramolecular Hbond substituents is 24. The lowest BCUT2D eigenvalue weighted by Crippen LogP contribution is -2.62. The number of aliphatic hydroxyl groups excluding tert-OH is 2. The summed E-state index contributed by atoms with van der Waals surface area (Å²) in [5.74, 6) is -67.0. The van der Waals surface area contributed by atoms with Crippen molar-refractivity contribution < 1.29 is 243 Å². The van der Waals surface area contributed by atoms with E-state index in [1.165, 1.54) is 0 Å². The summed E-state index contributed by atoms with van der Waals surface area (Å²) in [6, 6.07) is 2.76. The molecule has 124 heavy (non-hydrogen) atoms. The molecule has 5 heterocycles. The van der Waals surface area contributed by atoms with Gasteiger partial charge < -0.3 is 199 Å². The molecule has 27 N–H and O–H groups in total. The molecule has 49 heteroatoms. The van der Waals surface area contributed by atoms with E-state index in [4.69, 9.17) is 61.6 Å². The topological polar surface area (TPSA) is 820 Å². The first-order chi connectivity index (χ1) is 58.4. The van der Waals surface area contributed by atoms with Crippen LogP contribution in [-0.2, 0) is 47.4 Å². The second-order valence-electron chi connectivity index (χ2n) is 26.8. The first-order valence-corrected chi connectivity index (χ1v) is 34.3. The van der Waals surface area contributed by atoms with Crippen LogP contribution in [0.25, 0.3) is 22.3 Å². The van der Waals surface area contributed by atoms with Gasteiger partial charge in [-0.15, -0.1) is 0 Å². The number of cyclic esters (lactones) is 1. The number of carboxylic acids is 1. The van der Waals surface area contributed by atoms with E-state index in [0.29, 0.717) is 24.3 Å². The van der Waals surface area contributed by atoms with E-state index in [1.807, 2.05) is 0 Å². The third-order valence-corrected chi connectivity index (χ3v) is 19.3. The van der Waals surface area contributed by atoms with E-state index in [9.17, 15) is 157 Å². The Morgan fingerprint density at radius 3 is 1.02 bits per heavy atom. The standard InChI is InChI=1S/C75H52O49/c76-23-1-14(2-24(77)40(23)84)66(102)121-61-59-34-12-112-68(104)17-10-32(47(91)50(94)37(17)36-16(70(106)119-59)5-27(80)42(86)49(36)93)115-57-21(7-29(82)44(88)54(57)98)72(108)124-64-62(122-67(103)15-3-25(78)41(85)26(79)4-15)60-35(118-75(64)111)13-113-69(105)18-9-31(114-56-20(65(100)101)6-28(81)43(87)53(56)97)46(90)51(95)38(18)39-19(71(107)120-60)11-33(48(92)52(39)96)116-58-22(8-30(83)45(89)55(58)99)73(109)123-63(61)74(110)117-34/h1-11,34-35,59-64,74-99,110-111H,12-13H2,(H,100,101)/t34-,35-,59-,60-,61+,62+,63-,64-,74?,75?/m1/s1. The van der Waals surface area contributed by atoms with Crippen LogP contribution in [0.5, 0.6) is 172 Å². The molecule has 646 valence electrons. The minimum absolute atomic E-state index is 0.0900. The molecule has 14 rings (SSSR count). The number of carbonyl (C=O) groups is 9. The lowest BCUT2D eigenvalue weighted by molar-refractivity contribution is -0.284. The zero-order chi connectivity index (χ0) is 90.2. The Bertz CT molecular complexity index is 6160. The van der Waals surface area contributed by atoms with Gasteiger partial charge in [-0.2, -0.15) is 0 Å². The third kappa shape index (κ3) is 13.9. The first-order valence-electron chi connectivity index (χ1n) is 34.3. The van der Waals surface area contributed by atoms with E-state index < -0.39 is 373 Å². The number of aromatic carboxylic acids is 1. The van der Waals surface area contributed by atoms with Crippen molar-refractivity contribution in [3.63, 3.8) is 0 Å². The number of rotatable bonds is 7. The molecule has 0 saturated carbocycles. The highest BCUT2D eigenvalue weighted by Crippen LogP contribution is 2.60. The van der Waals surface area contributed by atoms with Crippen LogP contribution in [-0.4, -0.2) is 266 Å². The molecule has 2 unspecified atom stereocenters. The number of carbonyl (C=O) groups excluding carboxylic acids is 8. The zero-order valence-electron chi connectivity index (χ0n) is 60.6. The van der Waals surface area contributed by atoms with Crippen LogP contribution in [0, 0.1) is 0 Å². The molecule has 0 aromatic heterocycles. The highest BCUT2D eigenvalue weighted by molar-refractivity contribution is 6.11.